The molecule has 0 saturated carbocycles. The molecule has 2 rings (SSSR count). The molecule has 106 valence electrons. The molecule has 0 aromatic heterocycles. The van der Waals surface area contributed by atoms with Crippen molar-refractivity contribution in [2.24, 2.45) is 5.14 Å². The zero-order chi connectivity index (χ0) is 14.3. The van der Waals surface area contributed by atoms with Gasteiger partial charge in [0.05, 0.1) is 27.9 Å². The highest BCUT2D eigenvalue weighted by Crippen LogP contribution is 2.32. The first-order valence-electron chi connectivity index (χ1n) is 6.04. The minimum Gasteiger partial charge on any atom is -0.397 e. The highest BCUT2D eigenvalue weighted by molar-refractivity contribution is 7.89. The summed E-state index contributed by atoms with van der Waals surface area (Å²) < 4.78 is 28.0. The van der Waals surface area contributed by atoms with E-state index in [1.54, 1.807) is 6.07 Å². The van der Waals surface area contributed by atoms with E-state index in [9.17, 15) is 8.42 Å². The van der Waals surface area contributed by atoms with E-state index < -0.39 is 10.0 Å². The average Bonchev–Trinajstić information content (AvgIpc) is 2.61. The van der Waals surface area contributed by atoms with Gasteiger partial charge in [-0.1, -0.05) is 0 Å². The summed E-state index contributed by atoms with van der Waals surface area (Å²) in [4.78, 5) is 0.0106. The molecular weight excluding hydrogens is 266 g/mol. The Balaban J connectivity index is 2.28. The minimum atomic E-state index is -3.73. The van der Waals surface area contributed by atoms with Gasteiger partial charge in [0.25, 0.3) is 0 Å². The maximum atomic E-state index is 11.2. The van der Waals surface area contributed by atoms with Crippen LogP contribution in [0.5, 0.6) is 0 Å². The second-order valence-corrected chi connectivity index (χ2v) is 6.66. The molecule has 1 aromatic rings. The van der Waals surface area contributed by atoms with E-state index in [1.165, 1.54) is 12.1 Å². The zero-order valence-electron chi connectivity index (χ0n) is 11.0. The first kappa shape index (κ1) is 14.1. The summed E-state index contributed by atoms with van der Waals surface area (Å²) >= 11 is 0. The fourth-order valence-corrected chi connectivity index (χ4v) is 2.69. The number of benzene rings is 1. The number of primary sulfonamides is 1. The minimum absolute atomic E-state index is 0.0106. The number of hydrogen-bond acceptors (Lipinski definition) is 5. The predicted molar refractivity (Wildman–Crippen MR) is 74.3 cm³/mol. The van der Waals surface area contributed by atoms with E-state index in [2.05, 4.69) is 12.2 Å². The molecule has 19 heavy (non-hydrogen) atoms. The monoisotopic (exact) mass is 285 g/mol. The van der Waals surface area contributed by atoms with Crippen LogP contribution in [0.4, 0.5) is 11.4 Å². The van der Waals surface area contributed by atoms with Crippen LogP contribution in [0.1, 0.15) is 20.3 Å². The summed E-state index contributed by atoms with van der Waals surface area (Å²) in [6.07, 6.45) is 0.926. The molecule has 7 heteroatoms. The van der Waals surface area contributed by atoms with Crippen LogP contribution < -0.4 is 16.2 Å². The van der Waals surface area contributed by atoms with Crippen molar-refractivity contribution in [3.05, 3.63) is 18.2 Å². The molecule has 0 radical (unpaired) electrons. The molecule has 1 heterocycles. The Hall–Kier alpha value is -1.31. The molecule has 0 aliphatic carbocycles. The van der Waals surface area contributed by atoms with Gasteiger partial charge in [-0.3, -0.25) is 0 Å². The van der Waals surface area contributed by atoms with E-state index in [1.807, 2.05) is 6.92 Å². The topological polar surface area (TPSA) is 107 Å². The summed E-state index contributed by atoms with van der Waals surface area (Å²) in [6, 6.07) is 4.44. The Kier molecular flexibility index (Phi) is 3.46. The number of anilines is 2. The average molecular weight is 285 g/mol. The lowest BCUT2D eigenvalue weighted by atomic mass is 9.94. The Morgan fingerprint density at radius 2 is 2.16 bits per heavy atom. The first-order chi connectivity index (χ1) is 8.72. The van der Waals surface area contributed by atoms with Gasteiger partial charge in [-0.15, -0.1) is 0 Å². The molecule has 0 spiro atoms. The van der Waals surface area contributed by atoms with Gasteiger partial charge in [-0.05, 0) is 38.5 Å². The fourth-order valence-electron chi connectivity index (χ4n) is 2.14. The third kappa shape index (κ3) is 2.83. The van der Waals surface area contributed by atoms with Gasteiger partial charge in [0.1, 0.15) is 0 Å². The number of nitrogen functional groups attached to an aromatic ring is 1. The molecule has 0 amide bonds. The van der Waals surface area contributed by atoms with E-state index in [0.717, 1.165) is 6.42 Å². The van der Waals surface area contributed by atoms with Crippen LogP contribution >= 0.6 is 0 Å². The third-order valence-corrected chi connectivity index (χ3v) is 4.57. The van der Waals surface area contributed by atoms with Crippen molar-refractivity contribution in [3.63, 3.8) is 0 Å². The zero-order valence-corrected chi connectivity index (χ0v) is 11.8. The number of ether oxygens (including phenoxy) is 1. The van der Waals surface area contributed by atoms with E-state index in [-0.39, 0.29) is 16.5 Å². The Morgan fingerprint density at radius 1 is 1.47 bits per heavy atom. The number of nitrogens with two attached hydrogens (primary N) is 2. The van der Waals surface area contributed by atoms with E-state index in [0.29, 0.717) is 18.0 Å². The van der Waals surface area contributed by atoms with Crippen LogP contribution in [0.3, 0.4) is 0 Å². The Bertz CT molecular complexity index is 588. The van der Waals surface area contributed by atoms with Gasteiger partial charge in [0.2, 0.25) is 10.0 Å². The summed E-state index contributed by atoms with van der Waals surface area (Å²) in [6.45, 7) is 4.74. The normalized spacial score (nSPS) is 27.4. The number of sulfonamides is 1. The van der Waals surface area contributed by atoms with E-state index >= 15 is 0 Å². The Labute approximate surface area is 113 Å². The van der Waals surface area contributed by atoms with Crippen LogP contribution in [-0.2, 0) is 14.8 Å². The van der Waals surface area contributed by atoms with Crippen molar-refractivity contribution in [1.29, 1.82) is 0 Å². The lowest BCUT2D eigenvalue weighted by molar-refractivity contribution is 0.105. The molecule has 1 aromatic carbocycles. The smallest absolute Gasteiger partial charge is 0.238 e. The van der Waals surface area contributed by atoms with Crippen molar-refractivity contribution >= 4 is 21.4 Å². The molecule has 1 fully saturated rings. The van der Waals surface area contributed by atoms with Crippen LogP contribution in [0, 0.1) is 0 Å². The fraction of sp³-hybridized carbons (Fsp3) is 0.500. The lowest BCUT2D eigenvalue weighted by Gasteiger charge is -2.30. The number of rotatable bonds is 3. The predicted octanol–water partition coefficient (Wildman–Crippen LogP) is 0.896. The molecule has 1 saturated heterocycles. The van der Waals surface area contributed by atoms with Gasteiger partial charge in [-0.25, -0.2) is 13.6 Å². The van der Waals surface area contributed by atoms with Crippen molar-refractivity contribution < 1.29 is 13.2 Å². The van der Waals surface area contributed by atoms with Crippen molar-refractivity contribution in [2.45, 2.75) is 36.8 Å². The molecular formula is C12H19N3O3S. The number of nitrogens with one attached hydrogen (secondary N) is 1. The highest BCUT2D eigenvalue weighted by atomic mass is 32.2. The summed E-state index contributed by atoms with van der Waals surface area (Å²) in [5.74, 6) is 0. The molecule has 0 bridgehead atoms. The maximum Gasteiger partial charge on any atom is 0.238 e. The lowest BCUT2D eigenvalue weighted by Crippen LogP contribution is -2.41. The van der Waals surface area contributed by atoms with Crippen LogP contribution in [-0.4, -0.2) is 26.7 Å². The molecule has 2 unspecified atom stereocenters. The molecule has 6 nitrogen and oxygen atoms in total. The molecule has 1 aliphatic heterocycles. The van der Waals surface area contributed by atoms with E-state index in [4.69, 9.17) is 15.6 Å². The SMILES string of the molecule is CC1OCCC1(C)Nc1ccc(S(N)(=O)=O)cc1N. The quantitative estimate of drug-likeness (QED) is 0.715. The van der Waals surface area contributed by atoms with Gasteiger partial charge in [-0.2, -0.15) is 0 Å². The standard InChI is InChI=1S/C12H19N3O3S/c1-8-12(2,5-6-18-8)15-11-4-3-9(7-10(11)13)19(14,16)17/h3-4,7-8,15H,5-6,13H2,1-2H3,(H2,14,16,17). The van der Waals surface area contributed by atoms with Gasteiger partial charge < -0.3 is 15.8 Å². The van der Waals surface area contributed by atoms with Gasteiger partial charge in [0, 0.05) is 6.61 Å². The highest BCUT2D eigenvalue weighted by Gasteiger charge is 2.37. The maximum absolute atomic E-state index is 11.2. The Morgan fingerprint density at radius 3 is 2.63 bits per heavy atom. The van der Waals surface area contributed by atoms with Crippen LogP contribution in [0.15, 0.2) is 23.1 Å². The third-order valence-electron chi connectivity index (χ3n) is 3.66. The summed E-state index contributed by atoms with van der Waals surface area (Å²) in [5, 5.41) is 8.39. The second-order valence-electron chi connectivity index (χ2n) is 5.10. The summed E-state index contributed by atoms with van der Waals surface area (Å²) in [5.41, 5.74) is 6.71. The molecule has 2 atom stereocenters. The van der Waals surface area contributed by atoms with Crippen molar-refractivity contribution in [3.8, 4) is 0 Å². The van der Waals surface area contributed by atoms with Crippen LogP contribution in [0.2, 0.25) is 0 Å². The van der Waals surface area contributed by atoms with Crippen molar-refractivity contribution in [2.75, 3.05) is 17.7 Å². The van der Waals surface area contributed by atoms with Crippen LogP contribution in [0.25, 0.3) is 0 Å². The first-order valence-corrected chi connectivity index (χ1v) is 7.59. The van der Waals surface area contributed by atoms with Crippen molar-refractivity contribution in [1.82, 2.24) is 0 Å². The molecule has 5 N–H and O–H groups in total. The van der Waals surface area contributed by atoms with Gasteiger partial charge in [0.15, 0.2) is 0 Å². The molecule has 1 aliphatic rings. The van der Waals surface area contributed by atoms with Gasteiger partial charge >= 0.3 is 0 Å². The number of hydrogen-bond donors (Lipinski definition) is 3. The largest absolute Gasteiger partial charge is 0.397 e. The summed E-state index contributed by atoms with van der Waals surface area (Å²) in [7, 11) is -3.73. The second kappa shape index (κ2) is 4.66.